The molecule has 128 valence electrons. The molecule has 24 heavy (non-hydrogen) atoms. The van der Waals surface area contributed by atoms with Gasteiger partial charge in [-0.15, -0.1) is 0 Å². The van der Waals surface area contributed by atoms with Crippen molar-refractivity contribution in [3.05, 3.63) is 29.6 Å². The molecule has 4 amide bonds. The average Bonchev–Trinajstić information content (AvgIpc) is 2.88. The normalized spacial score (nSPS) is 17.2. The minimum absolute atomic E-state index is 0.00257. The highest BCUT2D eigenvalue weighted by atomic mass is 19.1. The first kappa shape index (κ1) is 17.4. The lowest BCUT2D eigenvalue weighted by Crippen LogP contribution is -2.54. The standard InChI is InChI=1S/C15H17FN4O4/c1-7-2-3-9(5-10(7)16)20-6-8(4-11(20)21)15(24)19-12(13(17)22)14(18)23/h2-3,5,8,12H,4,6H2,1H3,(H2,17,22)(H2,18,23)(H,19,24)/t8-/m0/s1. The highest BCUT2D eigenvalue weighted by Gasteiger charge is 2.37. The second-order valence-electron chi connectivity index (χ2n) is 5.59. The molecule has 0 unspecified atom stereocenters. The molecule has 1 aliphatic heterocycles. The number of hydrogen-bond donors (Lipinski definition) is 3. The van der Waals surface area contributed by atoms with E-state index in [1.165, 1.54) is 17.0 Å². The van der Waals surface area contributed by atoms with Crippen LogP contribution in [0.4, 0.5) is 10.1 Å². The average molecular weight is 336 g/mol. The number of rotatable bonds is 5. The highest BCUT2D eigenvalue weighted by Crippen LogP contribution is 2.26. The maximum Gasteiger partial charge on any atom is 0.249 e. The molecule has 0 bridgehead atoms. The van der Waals surface area contributed by atoms with Crippen LogP contribution in [0.1, 0.15) is 12.0 Å². The van der Waals surface area contributed by atoms with Crippen LogP contribution in [0.5, 0.6) is 0 Å². The number of nitrogens with two attached hydrogens (primary N) is 2. The van der Waals surface area contributed by atoms with Gasteiger partial charge in [-0.05, 0) is 24.6 Å². The summed E-state index contributed by atoms with van der Waals surface area (Å²) in [4.78, 5) is 47.7. The molecule has 0 spiro atoms. The van der Waals surface area contributed by atoms with Crippen LogP contribution in [-0.4, -0.2) is 36.2 Å². The van der Waals surface area contributed by atoms with Gasteiger partial charge in [0.25, 0.3) is 0 Å². The zero-order valence-electron chi connectivity index (χ0n) is 12.9. The number of hydrogen-bond acceptors (Lipinski definition) is 4. The number of primary amides is 2. The predicted octanol–water partition coefficient (Wildman–Crippen LogP) is -1.06. The minimum Gasteiger partial charge on any atom is -0.367 e. The maximum atomic E-state index is 13.6. The van der Waals surface area contributed by atoms with Crippen LogP contribution in [0, 0.1) is 18.7 Å². The lowest BCUT2D eigenvalue weighted by molar-refractivity contribution is -0.135. The van der Waals surface area contributed by atoms with Gasteiger partial charge in [0.1, 0.15) is 5.82 Å². The van der Waals surface area contributed by atoms with E-state index in [0.717, 1.165) is 0 Å². The molecule has 0 aromatic heterocycles. The van der Waals surface area contributed by atoms with Gasteiger partial charge in [0, 0.05) is 18.7 Å². The summed E-state index contributed by atoms with van der Waals surface area (Å²) in [5.74, 6) is -4.50. The quantitative estimate of drug-likeness (QED) is 0.591. The molecular weight excluding hydrogens is 319 g/mol. The van der Waals surface area contributed by atoms with Gasteiger partial charge in [-0.2, -0.15) is 0 Å². The first-order valence-corrected chi connectivity index (χ1v) is 7.16. The summed E-state index contributed by atoms with van der Waals surface area (Å²) in [5, 5.41) is 2.13. The molecule has 8 nitrogen and oxygen atoms in total. The van der Waals surface area contributed by atoms with Crippen LogP contribution in [-0.2, 0) is 19.2 Å². The maximum absolute atomic E-state index is 13.6. The molecule has 1 heterocycles. The predicted molar refractivity (Wildman–Crippen MR) is 81.9 cm³/mol. The van der Waals surface area contributed by atoms with Crippen molar-refractivity contribution >= 4 is 29.3 Å². The third kappa shape index (κ3) is 3.50. The molecular formula is C15H17FN4O4. The van der Waals surface area contributed by atoms with Crippen molar-refractivity contribution in [2.75, 3.05) is 11.4 Å². The van der Waals surface area contributed by atoms with Gasteiger partial charge >= 0.3 is 0 Å². The summed E-state index contributed by atoms with van der Waals surface area (Å²) >= 11 is 0. The molecule has 5 N–H and O–H groups in total. The fourth-order valence-corrected chi connectivity index (χ4v) is 2.42. The Hall–Kier alpha value is -2.97. The first-order valence-electron chi connectivity index (χ1n) is 7.16. The highest BCUT2D eigenvalue weighted by molar-refractivity contribution is 6.07. The monoisotopic (exact) mass is 336 g/mol. The third-order valence-corrected chi connectivity index (χ3v) is 3.82. The molecule has 9 heteroatoms. The molecule has 1 saturated heterocycles. The van der Waals surface area contributed by atoms with Crippen LogP contribution in [0.25, 0.3) is 0 Å². The van der Waals surface area contributed by atoms with Crippen molar-refractivity contribution in [1.29, 1.82) is 0 Å². The number of nitrogens with zero attached hydrogens (tertiary/aromatic N) is 1. The van der Waals surface area contributed by atoms with E-state index in [1.807, 2.05) is 0 Å². The summed E-state index contributed by atoms with van der Waals surface area (Å²) in [6.07, 6.45) is -0.133. The van der Waals surface area contributed by atoms with Crippen molar-refractivity contribution in [3.63, 3.8) is 0 Å². The number of benzene rings is 1. The topological polar surface area (TPSA) is 136 Å². The number of amides is 4. The Labute approximate surface area is 137 Å². The second kappa shape index (κ2) is 6.65. The molecule has 2 rings (SSSR count). The lowest BCUT2D eigenvalue weighted by Gasteiger charge is -2.18. The van der Waals surface area contributed by atoms with Gasteiger partial charge in [0.05, 0.1) is 5.92 Å². The zero-order valence-corrected chi connectivity index (χ0v) is 12.9. The Balaban J connectivity index is 2.11. The summed E-state index contributed by atoms with van der Waals surface area (Å²) in [6.45, 7) is 1.59. The van der Waals surface area contributed by atoms with Crippen LogP contribution in [0.2, 0.25) is 0 Å². The Morgan fingerprint density at radius 2 is 1.92 bits per heavy atom. The lowest BCUT2D eigenvalue weighted by atomic mass is 10.1. The molecule has 0 saturated carbocycles. The fourth-order valence-electron chi connectivity index (χ4n) is 2.42. The minimum atomic E-state index is -1.64. The van der Waals surface area contributed by atoms with Crippen molar-refractivity contribution in [2.24, 2.45) is 17.4 Å². The molecule has 1 aromatic rings. The molecule has 1 fully saturated rings. The number of halogens is 1. The summed E-state index contributed by atoms with van der Waals surface area (Å²) < 4.78 is 13.6. The summed E-state index contributed by atoms with van der Waals surface area (Å²) in [5.41, 5.74) is 10.7. The number of nitrogens with one attached hydrogen (secondary N) is 1. The number of carbonyl (C=O) groups excluding carboxylic acids is 4. The van der Waals surface area contributed by atoms with Gasteiger partial charge in [-0.25, -0.2) is 4.39 Å². The SMILES string of the molecule is Cc1ccc(N2C[C@@H](C(=O)NC(C(N)=O)C(N)=O)CC2=O)cc1F. The van der Waals surface area contributed by atoms with Gasteiger partial charge in [0.2, 0.25) is 23.6 Å². The zero-order chi connectivity index (χ0) is 18.0. The largest absolute Gasteiger partial charge is 0.367 e. The number of carbonyl (C=O) groups is 4. The smallest absolute Gasteiger partial charge is 0.249 e. The Bertz CT molecular complexity index is 707. The third-order valence-electron chi connectivity index (χ3n) is 3.82. The summed E-state index contributed by atoms with van der Waals surface area (Å²) in [6, 6.07) is 2.68. The van der Waals surface area contributed by atoms with Crippen LogP contribution < -0.4 is 21.7 Å². The molecule has 0 aliphatic carbocycles. The van der Waals surface area contributed by atoms with Crippen molar-refractivity contribution in [1.82, 2.24) is 5.32 Å². The van der Waals surface area contributed by atoms with E-state index in [2.05, 4.69) is 5.32 Å². The van der Waals surface area contributed by atoms with E-state index in [1.54, 1.807) is 13.0 Å². The van der Waals surface area contributed by atoms with Gasteiger partial charge in [-0.1, -0.05) is 6.07 Å². The molecule has 0 radical (unpaired) electrons. The van der Waals surface area contributed by atoms with Crippen molar-refractivity contribution < 1.29 is 23.6 Å². The van der Waals surface area contributed by atoms with Gasteiger partial charge in [-0.3, -0.25) is 19.2 Å². The van der Waals surface area contributed by atoms with E-state index >= 15 is 0 Å². The molecule has 1 aliphatic rings. The Kier molecular flexibility index (Phi) is 4.82. The van der Waals surface area contributed by atoms with Crippen molar-refractivity contribution in [2.45, 2.75) is 19.4 Å². The molecule has 1 atom stereocenters. The Morgan fingerprint density at radius 1 is 1.29 bits per heavy atom. The van der Waals surface area contributed by atoms with E-state index in [9.17, 15) is 23.6 Å². The fraction of sp³-hybridized carbons (Fsp3) is 0.333. The van der Waals surface area contributed by atoms with Gasteiger partial charge in [0.15, 0.2) is 6.04 Å². The Morgan fingerprint density at radius 3 is 2.46 bits per heavy atom. The molecule has 1 aromatic carbocycles. The van der Waals surface area contributed by atoms with E-state index in [4.69, 9.17) is 11.5 Å². The van der Waals surface area contributed by atoms with Crippen LogP contribution in [0.15, 0.2) is 18.2 Å². The van der Waals surface area contributed by atoms with E-state index < -0.39 is 35.5 Å². The number of anilines is 1. The van der Waals surface area contributed by atoms with Gasteiger partial charge < -0.3 is 21.7 Å². The number of aryl methyl sites for hydroxylation is 1. The first-order chi connectivity index (χ1) is 11.2. The second-order valence-corrected chi connectivity index (χ2v) is 5.59. The van der Waals surface area contributed by atoms with Crippen LogP contribution in [0.3, 0.4) is 0 Å². The summed E-state index contributed by atoms with van der Waals surface area (Å²) in [7, 11) is 0. The van der Waals surface area contributed by atoms with E-state index in [-0.39, 0.29) is 18.9 Å². The van der Waals surface area contributed by atoms with E-state index in [0.29, 0.717) is 11.3 Å². The van der Waals surface area contributed by atoms with Crippen molar-refractivity contribution in [3.8, 4) is 0 Å². The van der Waals surface area contributed by atoms with Crippen LogP contribution >= 0.6 is 0 Å².